The van der Waals surface area contributed by atoms with Gasteiger partial charge in [-0.1, -0.05) is 12.7 Å². The first-order valence-electron chi connectivity index (χ1n) is 3.21. The van der Waals surface area contributed by atoms with Crippen LogP contribution in [0.4, 0.5) is 0 Å². The number of likely N-dealkylation sites (N-methyl/N-ethyl adjacent to an activating group) is 1. The molecule has 0 radical (unpaired) electrons. The second-order valence-electron chi connectivity index (χ2n) is 2.17. The molecule has 0 aliphatic carbocycles. The lowest BCUT2D eigenvalue weighted by molar-refractivity contribution is -0.137. The first-order chi connectivity index (χ1) is 5.13. The van der Waals surface area contributed by atoms with Crippen LogP contribution >= 0.6 is 0 Å². The summed E-state index contributed by atoms with van der Waals surface area (Å²) in [6.45, 7) is 3.49. The van der Waals surface area contributed by atoms with Crippen molar-refractivity contribution in [1.82, 2.24) is 4.90 Å². The molecule has 0 amide bonds. The maximum atomic E-state index is 11.0. The van der Waals surface area contributed by atoms with Gasteiger partial charge in [0.25, 0.3) is 0 Å². The Bertz CT molecular complexity index is 183. The van der Waals surface area contributed by atoms with Crippen molar-refractivity contribution in [3.63, 3.8) is 0 Å². The second kappa shape index (κ2) is 4.55. The van der Waals surface area contributed by atoms with Crippen LogP contribution in [0.5, 0.6) is 0 Å². The number of carbonyl (C=O) groups is 1. The number of allylic oxidation sites excluding steroid dienone is 2. The summed E-state index contributed by atoms with van der Waals surface area (Å²) in [6, 6.07) is 0. The van der Waals surface area contributed by atoms with E-state index in [4.69, 9.17) is 0 Å². The maximum absolute atomic E-state index is 11.0. The summed E-state index contributed by atoms with van der Waals surface area (Å²) < 4.78 is 4.53. The molecular weight excluding hydrogens is 142 g/mol. The molecule has 0 fully saturated rings. The molecule has 3 heteroatoms. The summed E-state index contributed by atoms with van der Waals surface area (Å²) in [5.41, 5.74) is 0.488. The van der Waals surface area contributed by atoms with E-state index in [2.05, 4.69) is 11.3 Å². The number of nitrogens with zero attached hydrogens (tertiary/aromatic N) is 1. The Balaban J connectivity index is 4.47. The molecule has 62 valence electrons. The number of carbonyl (C=O) groups excluding carboxylic acids is 1. The zero-order chi connectivity index (χ0) is 8.85. The van der Waals surface area contributed by atoms with E-state index in [1.54, 1.807) is 31.1 Å². The van der Waals surface area contributed by atoms with Gasteiger partial charge in [-0.15, -0.1) is 0 Å². The van der Waals surface area contributed by atoms with Gasteiger partial charge in [-0.05, 0) is 6.08 Å². The molecule has 0 spiro atoms. The van der Waals surface area contributed by atoms with Gasteiger partial charge in [0.15, 0.2) is 0 Å². The van der Waals surface area contributed by atoms with Gasteiger partial charge in [-0.25, -0.2) is 4.79 Å². The largest absolute Gasteiger partial charge is 0.464 e. The zero-order valence-corrected chi connectivity index (χ0v) is 7.13. The Morgan fingerprint density at radius 1 is 1.55 bits per heavy atom. The Kier molecular flexibility index (Phi) is 4.03. The number of methoxy groups -OCH3 is 1. The van der Waals surface area contributed by atoms with E-state index in [-0.39, 0.29) is 5.97 Å². The monoisotopic (exact) mass is 155 g/mol. The Morgan fingerprint density at radius 3 is 2.36 bits per heavy atom. The molecule has 0 aromatic carbocycles. The summed E-state index contributed by atoms with van der Waals surface area (Å²) >= 11 is 0. The van der Waals surface area contributed by atoms with E-state index in [0.29, 0.717) is 5.70 Å². The topological polar surface area (TPSA) is 29.5 Å². The van der Waals surface area contributed by atoms with Gasteiger partial charge in [0.05, 0.1) is 7.11 Å². The lowest BCUT2D eigenvalue weighted by atomic mass is 10.3. The van der Waals surface area contributed by atoms with E-state index in [9.17, 15) is 4.79 Å². The molecule has 11 heavy (non-hydrogen) atoms. The molecule has 0 aromatic rings. The number of rotatable bonds is 3. The van der Waals surface area contributed by atoms with Crippen LogP contribution < -0.4 is 0 Å². The highest BCUT2D eigenvalue weighted by molar-refractivity contribution is 5.87. The molecule has 0 aliphatic heterocycles. The molecule has 0 aliphatic rings. The quantitative estimate of drug-likeness (QED) is 0.343. The standard InChI is InChI=1S/C8H13NO2/c1-5-6-7(9(2)3)8(10)11-4/h5-6H,1H2,2-4H3/b7-6-. The lowest BCUT2D eigenvalue weighted by Gasteiger charge is -2.13. The smallest absolute Gasteiger partial charge is 0.354 e. The van der Waals surface area contributed by atoms with Crippen molar-refractivity contribution in [1.29, 1.82) is 0 Å². The van der Waals surface area contributed by atoms with E-state index in [1.165, 1.54) is 7.11 Å². The van der Waals surface area contributed by atoms with Crippen molar-refractivity contribution in [2.45, 2.75) is 0 Å². The van der Waals surface area contributed by atoms with Crippen molar-refractivity contribution in [2.75, 3.05) is 21.2 Å². The van der Waals surface area contributed by atoms with Gasteiger partial charge >= 0.3 is 5.97 Å². The third-order valence-electron chi connectivity index (χ3n) is 1.15. The first kappa shape index (κ1) is 9.75. The van der Waals surface area contributed by atoms with Crippen molar-refractivity contribution in [3.8, 4) is 0 Å². The Morgan fingerprint density at radius 2 is 2.09 bits per heavy atom. The third kappa shape index (κ3) is 2.89. The molecule has 0 saturated carbocycles. The SMILES string of the molecule is C=C/C=C(/C(=O)OC)N(C)C. The minimum atomic E-state index is -0.352. The summed E-state index contributed by atoms with van der Waals surface area (Å²) in [5, 5.41) is 0. The second-order valence-corrected chi connectivity index (χ2v) is 2.17. The normalized spacial score (nSPS) is 10.6. The van der Waals surface area contributed by atoms with E-state index in [1.807, 2.05) is 0 Å². The van der Waals surface area contributed by atoms with Crippen LogP contribution in [0, 0.1) is 0 Å². The minimum Gasteiger partial charge on any atom is -0.464 e. The Hall–Kier alpha value is -1.25. The fourth-order valence-corrected chi connectivity index (χ4v) is 0.616. The molecule has 0 bridgehead atoms. The summed E-state index contributed by atoms with van der Waals surface area (Å²) in [6.07, 6.45) is 3.15. The Labute approximate surface area is 66.9 Å². The molecule has 0 atom stereocenters. The molecule has 0 rings (SSSR count). The minimum absolute atomic E-state index is 0.352. The highest BCUT2D eigenvalue weighted by Crippen LogP contribution is 2.00. The molecule has 0 N–H and O–H groups in total. The lowest BCUT2D eigenvalue weighted by Crippen LogP contribution is -2.20. The van der Waals surface area contributed by atoms with Gasteiger partial charge in [-0.2, -0.15) is 0 Å². The van der Waals surface area contributed by atoms with Gasteiger partial charge in [0, 0.05) is 14.1 Å². The molecule has 3 nitrogen and oxygen atoms in total. The van der Waals surface area contributed by atoms with E-state index < -0.39 is 0 Å². The maximum Gasteiger partial charge on any atom is 0.354 e. The molecule has 0 saturated heterocycles. The first-order valence-corrected chi connectivity index (χ1v) is 3.21. The zero-order valence-electron chi connectivity index (χ0n) is 7.13. The average molecular weight is 155 g/mol. The van der Waals surface area contributed by atoms with Gasteiger partial charge in [-0.3, -0.25) is 0 Å². The highest BCUT2D eigenvalue weighted by atomic mass is 16.5. The van der Waals surface area contributed by atoms with Crippen molar-refractivity contribution in [2.24, 2.45) is 0 Å². The van der Waals surface area contributed by atoms with E-state index in [0.717, 1.165) is 0 Å². The number of ether oxygens (including phenoxy) is 1. The van der Waals surface area contributed by atoms with Crippen LogP contribution in [0.2, 0.25) is 0 Å². The fraction of sp³-hybridized carbons (Fsp3) is 0.375. The predicted molar refractivity (Wildman–Crippen MR) is 44.0 cm³/mol. The van der Waals surface area contributed by atoms with Crippen LogP contribution in [-0.2, 0) is 9.53 Å². The van der Waals surface area contributed by atoms with Gasteiger partial charge in [0.1, 0.15) is 5.70 Å². The number of esters is 1. The third-order valence-corrected chi connectivity index (χ3v) is 1.15. The number of hydrogen-bond donors (Lipinski definition) is 0. The van der Waals surface area contributed by atoms with Crippen molar-refractivity contribution < 1.29 is 9.53 Å². The van der Waals surface area contributed by atoms with E-state index >= 15 is 0 Å². The fourth-order valence-electron chi connectivity index (χ4n) is 0.616. The van der Waals surface area contributed by atoms with Crippen LogP contribution in [0.15, 0.2) is 24.4 Å². The summed E-state index contributed by atoms with van der Waals surface area (Å²) in [4.78, 5) is 12.6. The van der Waals surface area contributed by atoms with Crippen LogP contribution in [-0.4, -0.2) is 32.1 Å². The van der Waals surface area contributed by atoms with Crippen molar-refractivity contribution in [3.05, 3.63) is 24.4 Å². The highest BCUT2D eigenvalue weighted by Gasteiger charge is 2.09. The van der Waals surface area contributed by atoms with Crippen LogP contribution in [0.1, 0.15) is 0 Å². The molecular formula is C8H13NO2. The number of hydrogen-bond acceptors (Lipinski definition) is 3. The van der Waals surface area contributed by atoms with Gasteiger partial charge in [0.2, 0.25) is 0 Å². The summed E-state index contributed by atoms with van der Waals surface area (Å²) in [7, 11) is 4.89. The summed E-state index contributed by atoms with van der Waals surface area (Å²) in [5.74, 6) is -0.352. The van der Waals surface area contributed by atoms with Crippen LogP contribution in [0.25, 0.3) is 0 Å². The average Bonchev–Trinajstić information content (AvgIpc) is 1.98. The van der Waals surface area contributed by atoms with Crippen LogP contribution in [0.3, 0.4) is 0 Å². The molecule has 0 unspecified atom stereocenters. The molecule has 0 aromatic heterocycles. The van der Waals surface area contributed by atoms with Gasteiger partial charge < -0.3 is 9.64 Å². The predicted octanol–water partition coefficient (Wildman–Crippen LogP) is 0.791. The molecule has 0 heterocycles. The van der Waals surface area contributed by atoms with Crippen molar-refractivity contribution >= 4 is 5.97 Å².